The SMILES string of the molecule is c1ccc(-c2ccc(N(c3ccc(C4CCCCC4)cc3)c3ccc4c(c3)C3(c5ccccc5-4)c4ccccc4-c4cccc5cccc3c45)cc2)c(-c2ccc(C3CCCCC3)cc2)c1. The first-order chi connectivity index (χ1) is 32.7. The van der Waals surface area contributed by atoms with Gasteiger partial charge in [0.2, 0.25) is 0 Å². The molecule has 0 radical (unpaired) electrons. The molecule has 1 nitrogen and oxygen atoms in total. The Kier molecular flexibility index (Phi) is 9.66. The molecule has 66 heavy (non-hydrogen) atoms. The van der Waals surface area contributed by atoms with Crippen LogP contribution in [0.2, 0.25) is 0 Å². The van der Waals surface area contributed by atoms with Gasteiger partial charge in [0.25, 0.3) is 0 Å². The third-order valence-electron chi connectivity index (χ3n) is 16.1. The average molecular weight is 850 g/mol. The quantitative estimate of drug-likeness (QED) is 0.154. The van der Waals surface area contributed by atoms with E-state index in [-0.39, 0.29) is 0 Å². The Bertz CT molecular complexity index is 3250. The van der Waals surface area contributed by atoms with Crippen LogP contribution in [-0.2, 0) is 5.41 Å². The second-order valence-corrected chi connectivity index (χ2v) is 19.6. The highest BCUT2D eigenvalue weighted by atomic mass is 15.1. The fraction of sp³-hybridized carbons (Fsp3) is 0.200. The van der Waals surface area contributed by atoms with Gasteiger partial charge in [0.15, 0.2) is 0 Å². The number of benzene rings is 9. The van der Waals surface area contributed by atoms with Crippen molar-refractivity contribution in [3.05, 3.63) is 234 Å². The topological polar surface area (TPSA) is 3.24 Å². The van der Waals surface area contributed by atoms with E-state index in [1.807, 2.05) is 0 Å². The van der Waals surface area contributed by atoms with Crippen LogP contribution < -0.4 is 4.90 Å². The lowest BCUT2D eigenvalue weighted by Crippen LogP contribution is -2.32. The number of rotatable bonds is 7. The first kappa shape index (κ1) is 39.4. The number of anilines is 3. The predicted octanol–water partition coefficient (Wildman–Crippen LogP) is 18.1. The Morgan fingerprint density at radius 1 is 0.318 bits per heavy atom. The summed E-state index contributed by atoms with van der Waals surface area (Å²) in [5, 5.41) is 2.65. The Morgan fingerprint density at radius 3 is 1.33 bits per heavy atom. The summed E-state index contributed by atoms with van der Waals surface area (Å²) >= 11 is 0. The van der Waals surface area contributed by atoms with E-state index >= 15 is 0 Å². The van der Waals surface area contributed by atoms with Gasteiger partial charge in [-0.25, -0.2) is 0 Å². The number of fused-ring (bicyclic) bond motifs is 9. The fourth-order valence-corrected chi connectivity index (χ4v) is 13.0. The van der Waals surface area contributed by atoms with Crippen molar-refractivity contribution < 1.29 is 0 Å². The minimum Gasteiger partial charge on any atom is -0.310 e. The molecule has 320 valence electrons. The summed E-state index contributed by atoms with van der Waals surface area (Å²) < 4.78 is 0. The molecule has 1 unspecified atom stereocenters. The second-order valence-electron chi connectivity index (χ2n) is 19.6. The highest BCUT2D eigenvalue weighted by Gasteiger charge is 2.50. The summed E-state index contributed by atoms with van der Waals surface area (Å²) in [6, 6.07) is 76.9. The molecule has 0 bridgehead atoms. The highest BCUT2D eigenvalue weighted by Crippen LogP contribution is 2.62. The second kappa shape index (κ2) is 16.2. The normalized spacial score (nSPS) is 17.6. The first-order valence-electron chi connectivity index (χ1n) is 24.8. The van der Waals surface area contributed by atoms with Gasteiger partial charge in [-0.2, -0.15) is 0 Å². The summed E-state index contributed by atoms with van der Waals surface area (Å²) in [7, 11) is 0. The van der Waals surface area contributed by atoms with E-state index in [1.165, 1.54) is 164 Å². The average Bonchev–Trinajstić information content (AvgIpc) is 3.69. The molecule has 13 rings (SSSR count). The molecule has 9 aromatic carbocycles. The van der Waals surface area contributed by atoms with Crippen LogP contribution in [0.5, 0.6) is 0 Å². The molecule has 0 aliphatic heterocycles. The molecule has 4 aliphatic rings. The van der Waals surface area contributed by atoms with Crippen LogP contribution in [0.3, 0.4) is 0 Å². The highest BCUT2D eigenvalue weighted by molar-refractivity contribution is 6.07. The Balaban J connectivity index is 0.956. The van der Waals surface area contributed by atoms with E-state index in [9.17, 15) is 0 Å². The van der Waals surface area contributed by atoms with Gasteiger partial charge in [0.05, 0.1) is 5.41 Å². The molecule has 0 saturated heterocycles. The Labute approximate surface area is 390 Å². The van der Waals surface area contributed by atoms with E-state index < -0.39 is 5.41 Å². The van der Waals surface area contributed by atoms with Crippen LogP contribution >= 0.6 is 0 Å². The molecular formula is C65H55N. The Morgan fingerprint density at radius 2 is 0.742 bits per heavy atom. The van der Waals surface area contributed by atoms with E-state index in [1.54, 1.807) is 0 Å². The van der Waals surface area contributed by atoms with Crippen LogP contribution in [0.15, 0.2) is 200 Å². The van der Waals surface area contributed by atoms with Gasteiger partial charge < -0.3 is 4.90 Å². The third-order valence-corrected chi connectivity index (χ3v) is 16.1. The van der Waals surface area contributed by atoms with E-state index in [4.69, 9.17) is 0 Å². The van der Waals surface area contributed by atoms with Gasteiger partial charge in [-0.05, 0) is 163 Å². The van der Waals surface area contributed by atoms with Crippen molar-refractivity contribution in [2.45, 2.75) is 81.5 Å². The van der Waals surface area contributed by atoms with Gasteiger partial charge in [-0.3, -0.25) is 0 Å². The molecule has 9 aromatic rings. The molecule has 0 heterocycles. The van der Waals surface area contributed by atoms with Crippen LogP contribution in [0.4, 0.5) is 17.1 Å². The minimum atomic E-state index is -0.481. The summed E-state index contributed by atoms with van der Waals surface area (Å²) in [4.78, 5) is 2.50. The van der Waals surface area contributed by atoms with Gasteiger partial charge in [-0.15, -0.1) is 0 Å². The lowest BCUT2D eigenvalue weighted by molar-refractivity contribution is 0.443. The summed E-state index contributed by atoms with van der Waals surface area (Å²) in [6.07, 6.45) is 13.4. The van der Waals surface area contributed by atoms with Gasteiger partial charge in [-0.1, -0.05) is 202 Å². The maximum absolute atomic E-state index is 2.54. The van der Waals surface area contributed by atoms with E-state index in [0.717, 1.165) is 5.69 Å². The van der Waals surface area contributed by atoms with E-state index in [2.05, 4.69) is 205 Å². The Hall–Kier alpha value is -6.96. The number of hydrogen-bond acceptors (Lipinski definition) is 1. The van der Waals surface area contributed by atoms with Crippen molar-refractivity contribution in [1.82, 2.24) is 0 Å². The van der Waals surface area contributed by atoms with Gasteiger partial charge in [0, 0.05) is 17.1 Å². The fourth-order valence-electron chi connectivity index (χ4n) is 13.0. The van der Waals surface area contributed by atoms with Crippen molar-refractivity contribution in [2.75, 3.05) is 4.90 Å². The molecule has 0 aromatic heterocycles. The van der Waals surface area contributed by atoms with Crippen LogP contribution in [-0.4, -0.2) is 0 Å². The number of hydrogen-bond donors (Lipinski definition) is 0. The number of nitrogens with zero attached hydrogens (tertiary/aromatic N) is 1. The van der Waals surface area contributed by atoms with Crippen LogP contribution in [0.1, 0.15) is 109 Å². The van der Waals surface area contributed by atoms with E-state index in [0.29, 0.717) is 11.8 Å². The molecule has 0 N–H and O–H groups in total. The van der Waals surface area contributed by atoms with Crippen molar-refractivity contribution in [2.24, 2.45) is 0 Å². The van der Waals surface area contributed by atoms with Gasteiger partial charge in [0.1, 0.15) is 0 Å². The lowest BCUT2D eigenvalue weighted by Gasteiger charge is -2.40. The van der Waals surface area contributed by atoms with Crippen molar-refractivity contribution in [3.8, 4) is 44.5 Å². The van der Waals surface area contributed by atoms with Crippen molar-refractivity contribution >= 4 is 27.8 Å². The molecule has 2 saturated carbocycles. The molecule has 0 amide bonds. The maximum Gasteiger partial charge on any atom is 0.0726 e. The minimum absolute atomic E-state index is 0.481. The molecule has 1 spiro atoms. The van der Waals surface area contributed by atoms with Crippen LogP contribution in [0.25, 0.3) is 55.3 Å². The molecule has 1 heteroatoms. The zero-order chi connectivity index (χ0) is 43.6. The summed E-state index contributed by atoms with van der Waals surface area (Å²) in [6.45, 7) is 0. The monoisotopic (exact) mass is 849 g/mol. The molecule has 4 aliphatic carbocycles. The zero-order valence-corrected chi connectivity index (χ0v) is 37.7. The van der Waals surface area contributed by atoms with Gasteiger partial charge >= 0.3 is 0 Å². The summed E-state index contributed by atoms with van der Waals surface area (Å²) in [5.41, 5.74) is 21.8. The van der Waals surface area contributed by atoms with Crippen molar-refractivity contribution in [3.63, 3.8) is 0 Å². The molecule has 1 atom stereocenters. The maximum atomic E-state index is 2.54. The smallest absolute Gasteiger partial charge is 0.0726 e. The molecule has 2 fully saturated rings. The summed E-state index contributed by atoms with van der Waals surface area (Å²) in [5.74, 6) is 1.36. The predicted molar refractivity (Wildman–Crippen MR) is 277 cm³/mol. The lowest BCUT2D eigenvalue weighted by atomic mass is 9.61. The first-order valence-corrected chi connectivity index (χ1v) is 24.8. The zero-order valence-electron chi connectivity index (χ0n) is 37.7. The van der Waals surface area contributed by atoms with Crippen molar-refractivity contribution in [1.29, 1.82) is 0 Å². The molecular weight excluding hydrogens is 795 g/mol. The standard InChI is InChI=1S/C65H55N/c1-3-15-44(16-4-1)46-29-31-48(32-30-46)54-21-7-8-22-55(54)49-35-39-52(40-36-49)66(51-37-33-47(34-38-51)45-17-5-2-6-18-45)53-41-42-58-56-23-9-11-26-60(56)65(63(58)43-53)61-27-12-10-24-57(61)59-25-13-19-50-20-14-28-62(65)64(50)59/h7-14,19-45H,1-6,15-18H2. The largest absolute Gasteiger partial charge is 0.310 e. The van der Waals surface area contributed by atoms with Crippen LogP contribution in [0, 0.1) is 0 Å². The third kappa shape index (κ3) is 6.27.